The predicted octanol–water partition coefficient (Wildman–Crippen LogP) is 0.399. The lowest BCUT2D eigenvalue weighted by atomic mass is 10.3. The Bertz CT molecular complexity index is 915. The summed E-state index contributed by atoms with van der Waals surface area (Å²) in [7, 11) is -3.39. The number of rotatable bonds is 6. The molecule has 1 fully saturated rings. The lowest BCUT2D eigenvalue weighted by molar-refractivity contribution is 0.174. The minimum Gasteiger partial charge on any atom is -0.295 e. The van der Waals surface area contributed by atoms with Crippen molar-refractivity contribution in [2.24, 2.45) is 0 Å². The van der Waals surface area contributed by atoms with Crippen molar-refractivity contribution < 1.29 is 8.42 Å². The largest absolute Gasteiger partial charge is 0.295 e. The normalized spacial score (nSPS) is 17.2. The van der Waals surface area contributed by atoms with Crippen LogP contribution in [0.3, 0.4) is 0 Å². The van der Waals surface area contributed by atoms with Gasteiger partial charge >= 0.3 is 0 Å². The molecule has 0 amide bonds. The van der Waals surface area contributed by atoms with Crippen LogP contribution < -0.4 is 5.56 Å². The molecular weight excluding hydrogens is 354 g/mol. The van der Waals surface area contributed by atoms with Crippen molar-refractivity contribution in [1.29, 1.82) is 0 Å². The Hall–Kier alpha value is -1.81. The van der Waals surface area contributed by atoms with Gasteiger partial charge in [0, 0.05) is 58.1 Å². The van der Waals surface area contributed by atoms with Gasteiger partial charge in [0.2, 0.25) is 0 Å². The van der Waals surface area contributed by atoms with E-state index < -0.39 is 10.2 Å². The second kappa shape index (κ2) is 7.83. The van der Waals surface area contributed by atoms with E-state index in [0.717, 1.165) is 0 Å². The van der Waals surface area contributed by atoms with E-state index in [1.165, 1.54) is 8.71 Å². The molecule has 142 valence electrons. The van der Waals surface area contributed by atoms with Gasteiger partial charge in [-0.1, -0.05) is 19.9 Å². The fraction of sp³-hybridized carbons (Fsp3) is 0.529. The quantitative estimate of drug-likeness (QED) is 0.726. The Morgan fingerprint density at radius 1 is 1.12 bits per heavy atom. The molecular formula is C17H25N5O3S. The van der Waals surface area contributed by atoms with Crippen LogP contribution in [0.1, 0.15) is 19.5 Å². The molecule has 1 aliphatic heterocycles. The number of hydrogen-bond donors (Lipinski definition) is 0. The van der Waals surface area contributed by atoms with E-state index in [0.29, 0.717) is 57.2 Å². The minimum absolute atomic E-state index is 0.103. The topological polar surface area (TPSA) is 78.2 Å². The number of pyridine rings is 1. The number of fused-ring (bicyclic) bond motifs is 1. The van der Waals surface area contributed by atoms with Gasteiger partial charge in [-0.2, -0.15) is 17.0 Å². The summed E-state index contributed by atoms with van der Waals surface area (Å²) in [5.74, 6) is 0. The Morgan fingerprint density at radius 3 is 2.46 bits per heavy atom. The van der Waals surface area contributed by atoms with E-state index in [2.05, 4.69) is 9.88 Å². The van der Waals surface area contributed by atoms with Gasteiger partial charge in [-0.25, -0.2) is 4.98 Å². The highest BCUT2D eigenvalue weighted by atomic mass is 32.2. The third-order valence-corrected chi connectivity index (χ3v) is 6.89. The summed E-state index contributed by atoms with van der Waals surface area (Å²) in [6, 6.07) is 7.00. The van der Waals surface area contributed by atoms with Crippen molar-refractivity contribution in [2.45, 2.75) is 20.4 Å². The second-order valence-corrected chi connectivity index (χ2v) is 8.21. The van der Waals surface area contributed by atoms with Crippen LogP contribution >= 0.6 is 0 Å². The number of nitrogens with zero attached hydrogens (tertiary/aromatic N) is 5. The highest BCUT2D eigenvalue weighted by Gasteiger charge is 2.30. The maximum absolute atomic E-state index is 12.6. The van der Waals surface area contributed by atoms with Crippen LogP contribution in [0.4, 0.5) is 0 Å². The van der Waals surface area contributed by atoms with Crippen molar-refractivity contribution >= 4 is 15.9 Å². The Kier molecular flexibility index (Phi) is 5.71. The van der Waals surface area contributed by atoms with Gasteiger partial charge in [0.25, 0.3) is 15.8 Å². The molecule has 0 unspecified atom stereocenters. The van der Waals surface area contributed by atoms with E-state index >= 15 is 0 Å². The molecule has 0 aliphatic carbocycles. The smallest absolute Gasteiger partial charge is 0.282 e. The van der Waals surface area contributed by atoms with Crippen molar-refractivity contribution in [3.63, 3.8) is 0 Å². The SMILES string of the molecule is CCN(CC)S(=O)(=O)N1CCN(Cc2cc(=O)n3ccccc3n2)CC1. The zero-order chi connectivity index (χ0) is 18.7. The molecule has 0 atom stereocenters. The van der Waals surface area contributed by atoms with Crippen LogP contribution in [-0.4, -0.2) is 70.6 Å². The first-order valence-corrected chi connectivity index (χ1v) is 10.3. The van der Waals surface area contributed by atoms with Crippen LogP contribution in [0.2, 0.25) is 0 Å². The van der Waals surface area contributed by atoms with Gasteiger partial charge in [-0.3, -0.25) is 14.1 Å². The molecule has 1 saturated heterocycles. The minimum atomic E-state index is -3.39. The molecule has 2 aromatic heterocycles. The van der Waals surface area contributed by atoms with Crippen LogP contribution in [0.25, 0.3) is 5.65 Å². The summed E-state index contributed by atoms with van der Waals surface area (Å²) >= 11 is 0. The number of piperazine rings is 1. The molecule has 3 rings (SSSR count). The fourth-order valence-electron chi connectivity index (χ4n) is 3.24. The Labute approximate surface area is 153 Å². The summed E-state index contributed by atoms with van der Waals surface area (Å²) in [5, 5.41) is 0. The molecule has 0 N–H and O–H groups in total. The molecule has 9 heteroatoms. The fourth-order valence-corrected chi connectivity index (χ4v) is 4.85. The van der Waals surface area contributed by atoms with E-state index in [4.69, 9.17) is 0 Å². The van der Waals surface area contributed by atoms with Gasteiger partial charge in [0.15, 0.2) is 0 Å². The average Bonchev–Trinajstić information content (AvgIpc) is 2.63. The molecule has 0 spiro atoms. The van der Waals surface area contributed by atoms with Crippen LogP contribution in [0.5, 0.6) is 0 Å². The third kappa shape index (κ3) is 3.80. The van der Waals surface area contributed by atoms with Gasteiger partial charge in [-0.15, -0.1) is 0 Å². The van der Waals surface area contributed by atoms with E-state index in [1.807, 2.05) is 19.9 Å². The number of hydrogen-bond acceptors (Lipinski definition) is 5. The third-order valence-electron chi connectivity index (χ3n) is 4.70. The van der Waals surface area contributed by atoms with Gasteiger partial charge in [0.1, 0.15) is 5.65 Å². The summed E-state index contributed by atoms with van der Waals surface area (Å²) in [5.41, 5.74) is 1.23. The van der Waals surface area contributed by atoms with Crippen molar-refractivity contribution in [2.75, 3.05) is 39.3 Å². The summed E-state index contributed by atoms with van der Waals surface area (Å²) < 4.78 is 29.7. The highest BCUT2D eigenvalue weighted by Crippen LogP contribution is 2.13. The van der Waals surface area contributed by atoms with E-state index in [-0.39, 0.29) is 5.56 Å². The van der Waals surface area contributed by atoms with Gasteiger partial charge < -0.3 is 0 Å². The molecule has 1 aliphatic rings. The summed E-state index contributed by atoms with van der Waals surface area (Å²) in [6.07, 6.45) is 1.70. The first-order chi connectivity index (χ1) is 12.5. The van der Waals surface area contributed by atoms with Crippen LogP contribution in [0, 0.1) is 0 Å². The highest BCUT2D eigenvalue weighted by molar-refractivity contribution is 7.86. The zero-order valence-corrected chi connectivity index (χ0v) is 16.0. The Balaban J connectivity index is 1.67. The maximum Gasteiger partial charge on any atom is 0.282 e. The molecule has 2 aromatic rings. The molecule has 0 radical (unpaired) electrons. The van der Waals surface area contributed by atoms with Gasteiger partial charge in [0.05, 0.1) is 5.69 Å². The van der Waals surface area contributed by atoms with Crippen LogP contribution in [0.15, 0.2) is 35.3 Å². The monoisotopic (exact) mass is 379 g/mol. The molecule has 0 saturated carbocycles. The standard InChI is InChI=1S/C17H25N5O3S/c1-3-20(4-2)26(24,25)21-11-9-19(10-12-21)14-15-13-17(23)22-8-6-5-7-16(22)18-15/h5-8,13H,3-4,9-12,14H2,1-2H3. The predicted molar refractivity (Wildman–Crippen MR) is 100 cm³/mol. The second-order valence-electron chi connectivity index (χ2n) is 6.28. The lowest BCUT2D eigenvalue weighted by Crippen LogP contribution is -2.52. The Morgan fingerprint density at radius 2 is 1.81 bits per heavy atom. The lowest BCUT2D eigenvalue weighted by Gasteiger charge is -2.36. The number of aromatic nitrogens is 2. The first-order valence-electron chi connectivity index (χ1n) is 8.90. The summed E-state index contributed by atoms with van der Waals surface area (Å²) in [6.45, 7) is 7.33. The van der Waals surface area contributed by atoms with Gasteiger partial charge in [-0.05, 0) is 12.1 Å². The molecule has 8 nitrogen and oxygen atoms in total. The molecule has 3 heterocycles. The van der Waals surface area contributed by atoms with E-state index in [1.54, 1.807) is 28.7 Å². The van der Waals surface area contributed by atoms with E-state index in [9.17, 15) is 13.2 Å². The van der Waals surface area contributed by atoms with Crippen LogP contribution in [-0.2, 0) is 16.8 Å². The average molecular weight is 379 g/mol. The van der Waals surface area contributed by atoms with Crippen molar-refractivity contribution in [3.8, 4) is 0 Å². The first kappa shape index (κ1) is 19.0. The van der Waals surface area contributed by atoms with Crippen molar-refractivity contribution in [3.05, 3.63) is 46.5 Å². The zero-order valence-electron chi connectivity index (χ0n) is 15.2. The maximum atomic E-state index is 12.6. The van der Waals surface area contributed by atoms with Crippen molar-refractivity contribution in [1.82, 2.24) is 22.9 Å². The molecule has 0 aromatic carbocycles. The molecule has 26 heavy (non-hydrogen) atoms. The summed E-state index contributed by atoms with van der Waals surface area (Å²) in [4.78, 5) is 18.8. The molecule has 0 bridgehead atoms.